The topological polar surface area (TPSA) is 90.2 Å². The highest BCUT2D eigenvalue weighted by molar-refractivity contribution is 5.13. The number of hydrogen-bond donors (Lipinski definition) is 4. The minimum absolute atomic E-state index is 0.479. The third-order valence-corrected chi connectivity index (χ3v) is 3.17. The van der Waals surface area contributed by atoms with E-state index in [-0.39, 0.29) is 0 Å². The van der Waals surface area contributed by atoms with Gasteiger partial charge in [0, 0.05) is 0 Å². The van der Waals surface area contributed by atoms with Crippen LogP contribution in [0, 0.1) is 0 Å². The lowest BCUT2D eigenvalue weighted by Gasteiger charge is -2.38. The van der Waals surface area contributed by atoms with Crippen LogP contribution in [0.15, 0.2) is 0 Å². The van der Waals surface area contributed by atoms with E-state index in [1.807, 2.05) is 0 Å². The van der Waals surface area contributed by atoms with E-state index < -0.39 is 29.7 Å². The minimum Gasteiger partial charge on any atom is -0.393 e. The standard InChI is InChI=1S/C8H16O5/c1-6(4-9)8(3,12)7(2,11)5(10)13-6/h5,9-12H,4H2,1-3H3/t5-,6-,7-,8+/m1/s1. The first-order valence-electron chi connectivity index (χ1n) is 4.10. The number of rotatable bonds is 1. The van der Waals surface area contributed by atoms with E-state index >= 15 is 0 Å². The summed E-state index contributed by atoms with van der Waals surface area (Å²) in [5.74, 6) is 0. The van der Waals surface area contributed by atoms with Crippen LogP contribution in [0.1, 0.15) is 20.8 Å². The second-order valence-electron chi connectivity index (χ2n) is 4.08. The molecule has 0 aromatic heterocycles. The molecule has 0 aromatic carbocycles. The number of aliphatic hydroxyl groups is 4. The summed E-state index contributed by atoms with van der Waals surface area (Å²) in [6.07, 6.45) is -1.50. The maximum Gasteiger partial charge on any atom is 0.187 e. The van der Waals surface area contributed by atoms with Gasteiger partial charge in [0.2, 0.25) is 0 Å². The SMILES string of the molecule is C[C@]1(O)[C@@](C)(CO)O[C@@H](O)[C@@]1(C)O. The highest BCUT2D eigenvalue weighted by atomic mass is 16.7. The molecule has 1 heterocycles. The van der Waals surface area contributed by atoms with Crippen molar-refractivity contribution < 1.29 is 25.2 Å². The molecular weight excluding hydrogens is 176 g/mol. The molecule has 4 atom stereocenters. The zero-order valence-electron chi connectivity index (χ0n) is 7.98. The van der Waals surface area contributed by atoms with Gasteiger partial charge in [0.25, 0.3) is 0 Å². The second-order valence-corrected chi connectivity index (χ2v) is 4.08. The van der Waals surface area contributed by atoms with Gasteiger partial charge in [-0.1, -0.05) is 0 Å². The van der Waals surface area contributed by atoms with Crippen molar-refractivity contribution in [3.05, 3.63) is 0 Å². The highest BCUT2D eigenvalue weighted by Crippen LogP contribution is 2.45. The Balaban J connectivity index is 3.11. The van der Waals surface area contributed by atoms with Crippen molar-refractivity contribution in [3.8, 4) is 0 Å². The Labute approximate surface area is 76.6 Å². The second kappa shape index (κ2) is 2.65. The molecule has 1 rings (SSSR count). The van der Waals surface area contributed by atoms with Crippen LogP contribution in [0.3, 0.4) is 0 Å². The Morgan fingerprint density at radius 2 is 1.69 bits per heavy atom. The fraction of sp³-hybridized carbons (Fsp3) is 1.00. The van der Waals surface area contributed by atoms with E-state index in [1.165, 1.54) is 20.8 Å². The van der Waals surface area contributed by atoms with Crippen LogP contribution >= 0.6 is 0 Å². The molecule has 0 unspecified atom stereocenters. The van der Waals surface area contributed by atoms with Gasteiger partial charge in [0.1, 0.15) is 16.8 Å². The lowest BCUT2D eigenvalue weighted by Crippen LogP contribution is -2.60. The molecule has 1 aliphatic heterocycles. The first-order chi connectivity index (χ1) is 5.69. The lowest BCUT2D eigenvalue weighted by molar-refractivity contribution is -0.185. The molecule has 1 aliphatic rings. The van der Waals surface area contributed by atoms with Crippen LogP contribution in [0.25, 0.3) is 0 Å². The molecule has 1 fully saturated rings. The maximum atomic E-state index is 9.92. The van der Waals surface area contributed by atoms with E-state index in [4.69, 9.17) is 9.84 Å². The predicted molar refractivity (Wildman–Crippen MR) is 43.8 cm³/mol. The maximum absolute atomic E-state index is 9.92. The molecule has 0 spiro atoms. The predicted octanol–water partition coefficient (Wildman–Crippen LogP) is -1.41. The van der Waals surface area contributed by atoms with Gasteiger partial charge in [-0.25, -0.2) is 0 Å². The Hall–Kier alpha value is -0.200. The monoisotopic (exact) mass is 192 g/mol. The Bertz CT molecular complexity index is 213. The summed E-state index contributed by atoms with van der Waals surface area (Å²) >= 11 is 0. The number of hydrogen-bond acceptors (Lipinski definition) is 5. The van der Waals surface area contributed by atoms with Crippen molar-refractivity contribution in [2.24, 2.45) is 0 Å². The third kappa shape index (κ3) is 1.12. The van der Waals surface area contributed by atoms with Crippen molar-refractivity contribution in [2.75, 3.05) is 6.61 Å². The Morgan fingerprint density at radius 1 is 1.23 bits per heavy atom. The Morgan fingerprint density at radius 3 is 1.85 bits per heavy atom. The van der Waals surface area contributed by atoms with Crippen LogP contribution in [0.5, 0.6) is 0 Å². The highest BCUT2D eigenvalue weighted by Gasteiger charge is 2.66. The fourth-order valence-corrected chi connectivity index (χ4v) is 1.44. The van der Waals surface area contributed by atoms with E-state index in [0.29, 0.717) is 0 Å². The zero-order valence-corrected chi connectivity index (χ0v) is 7.98. The van der Waals surface area contributed by atoms with Crippen LogP contribution in [-0.4, -0.2) is 50.1 Å². The summed E-state index contributed by atoms with van der Waals surface area (Å²) in [7, 11) is 0. The van der Waals surface area contributed by atoms with Gasteiger partial charge < -0.3 is 25.2 Å². The molecule has 4 N–H and O–H groups in total. The van der Waals surface area contributed by atoms with E-state index in [0.717, 1.165) is 0 Å². The molecule has 0 amide bonds. The van der Waals surface area contributed by atoms with Crippen molar-refractivity contribution in [1.82, 2.24) is 0 Å². The van der Waals surface area contributed by atoms with Gasteiger partial charge >= 0.3 is 0 Å². The van der Waals surface area contributed by atoms with Crippen molar-refractivity contribution in [3.63, 3.8) is 0 Å². The van der Waals surface area contributed by atoms with Crippen LogP contribution in [0.4, 0.5) is 0 Å². The molecule has 13 heavy (non-hydrogen) atoms. The molecule has 78 valence electrons. The fourth-order valence-electron chi connectivity index (χ4n) is 1.44. The van der Waals surface area contributed by atoms with Crippen LogP contribution in [-0.2, 0) is 4.74 Å². The minimum atomic E-state index is -1.79. The summed E-state index contributed by atoms with van der Waals surface area (Å²) in [5, 5.41) is 38.0. The average Bonchev–Trinajstić information content (AvgIpc) is 2.12. The van der Waals surface area contributed by atoms with E-state index in [1.54, 1.807) is 0 Å². The van der Waals surface area contributed by atoms with Gasteiger partial charge in [0.05, 0.1) is 6.61 Å². The van der Waals surface area contributed by atoms with Gasteiger partial charge in [-0.3, -0.25) is 0 Å². The molecule has 0 aliphatic carbocycles. The van der Waals surface area contributed by atoms with E-state index in [2.05, 4.69) is 0 Å². The van der Waals surface area contributed by atoms with Gasteiger partial charge in [0.15, 0.2) is 6.29 Å². The molecule has 0 bridgehead atoms. The summed E-state index contributed by atoms with van der Waals surface area (Å²) in [6, 6.07) is 0. The van der Waals surface area contributed by atoms with Crippen molar-refractivity contribution >= 4 is 0 Å². The summed E-state index contributed by atoms with van der Waals surface area (Å²) < 4.78 is 4.93. The van der Waals surface area contributed by atoms with E-state index in [9.17, 15) is 15.3 Å². The molecule has 0 radical (unpaired) electrons. The van der Waals surface area contributed by atoms with Crippen molar-refractivity contribution in [1.29, 1.82) is 0 Å². The zero-order chi connectivity index (χ0) is 10.5. The van der Waals surface area contributed by atoms with Gasteiger partial charge in [-0.05, 0) is 20.8 Å². The lowest BCUT2D eigenvalue weighted by atomic mass is 9.77. The molecule has 0 aromatic rings. The number of ether oxygens (including phenoxy) is 1. The summed E-state index contributed by atoms with van der Waals surface area (Å²) in [4.78, 5) is 0. The van der Waals surface area contributed by atoms with Crippen molar-refractivity contribution in [2.45, 2.75) is 43.9 Å². The first kappa shape index (κ1) is 10.9. The first-order valence-corrected chi connectivity index (χ1v) is 4.10. The van der Waals surface area contributed by atoms with Gasteiger partial charge in [-0.15, -0.1) is 0 Å². The van der Waals surface area contributed by atoms with Crippen LogP contribution in [0.2, 0.25) is 0 Å². The molecule has 1 saturated heterocycles. The number of aliphatic hydroxyl groups excluding tert-OH is 2. The third-order valence-electron chi connectivity index (χ3n) is 3.17. The molecule has 5 nitrogen and oxygen atoms in total. The largest absolute Gasteiger partial charge is 0.393 e. The summed E-state index contributed by atoms with van der Waals surface area (Å²) in [5.41, 5.74) is -4.84. The molecule has 0 saturated carbocycles. The summed E-state index contributed by atoms with van der Waals surface area (Å²) in [6.45, 7) is 3.53. The van der Waals surface area contributed by atoms with Gasteiger partial charge in [-0.2, -0.15) is 0 Å². The quantitative estimate of drug-likeness (QED) is 0.410. The normalized spacial score (nSPS) is 57.0. The molecular formula is C8H16O5. The average molecular weight is 192 g/mol. The Kier molecular flexibility index (Phi) is 2.22. The van der Waals surface area contributed by atoms with Crippen LogP contribution < -0.4 is 0 Å². The smallest absolute Gasteiger partial charge is 0.187 e. The molecule has 5 heteroatoms.